The van der Waals surface area contributed by atoms with E-state index in [1.54, 1.807) is 0 Å². The average Bonchev–Trinajstić information content (AvgIpc) is 2.47. The average molecular weight is 341 g/mol. The number of nitrogens with zero attached hydrogens (tertiary/aromatic N) is 1. The van der Waals surface area contributed by atoms with Gasteiger partial charge < -0.3 is 10.6 Å². The first-order valence-corrected chi connectivity index (χ1v) is 8.03. The fraction of sp³-hybridized carbons (Fsp3) is 0.250. The Labute approximate surface area is 141 Å². The van der Waals surface area contributed by atoms with Gasteiger partial charge in [0.15, 0.2) is 0 Å². The number of para-hydroxylation sites is 1. The zero-order chi connectivity index (χ0) is 13.9. The van der Waals surface area contributed by atoms with Crippen molar-refractivity contribution in [2.75, 3.05) is 18.0 Å². The van der Waals surface area contributed by atoms with Crippen molar-refractivity contribution in [3.8, 4) is 0 Å². The maximum atomic E-state index is 6.17. The molecular weight excluding hydrogens is 323 g/mol. The van der Waals surface area contributed by atoms with Gasteiger partial charge in [0.2, 0.25) is 0 Å². The Balaban J connectivity index is 0.00000161. The highest BCUT2D eigenvalue weighted by atomic mass is 35.5. The van der Waals surface area contributed by atoms with E-state index in [-0.39, 0.29) is 12.4 Å². The maximum absolute atomic E-state index is 6.17. The molecule has 2 N–H and O–H groups in total. The molecule has 0 fully saturated rings. The molecule has 1 aliphatic rings. The summed E-state index contributed by atoms with van der Waals surface area (Å²) in [6.45, 7) is 1.72. The van der Waals surface area contributed by atoms with Crippen LogP contribution >= 0.6 is 35.8 Å². The molecule has 1 aliphatic heterocycles. The van der Waals surface area contributed by atoms with Crippen LogP contribution in [-0.4, -0.2) is 13.1 Å². The van der Waals surface area contributed by atoms with E-state index in [0.29, 0.717) is 0 Å². The Morgan fingerprint density at radius 2 is 1.76 bits per heavy atom. The quantitative estimate of drug-likeness (QED) is 0.784. The normalized spacial score (nSPS) is 12.4. The highest BCUT2D eigenvalue weighted by molar-refractivity contribution is 7.99. The summed E-state index contributed by atoms with van der Waals surface area (Å²) < 4.78 is 0. The Bertz CT molecular complexity index is 619. The van der Waals surface area contributed by atoms with Crippen molar-refractivity contribution < 1.29 is 0 Å². The van der Waals surface area contributed by atoms with Gasteiger partial charge >= 0.3 is 0 Å². The van der Waals surface area contributed by atoms with Crippen LogP contribution in [0.5, 0.6) is 0 Å². The van der Waals surface area contributed by atoms with Gasteiger partial charge in [0, 0.05) is 21.4 Å². The fourth-order valence-electron chi connectivity index (χ4n) is 2.46. The van der Waals surface area contributed by atoms with Crippen LogP contribution in [-0.2, 0) is 0 Å². The minimum Gasteiger partial charge on any atom is -0.340 e. The Morgan fingerprint density at radius 3 is 2.57 bits per heavy atom. The number of rotatable bonds is 4. The first-order chi connectivity index (χ1) is 9.79. The van der Waals surface area contributed by atoms with Crippen molar-refractivity contribution in [1.82, 2.24) is 0 Å². The SMILES string of the molecule is Cl.NCCCCN1c2ccccc2Sc2ccc(Cl)cc21. The molecule has 0 bridgehead atoms. The molecule has 0 atom stereocenters. The van der Waals surface area contributed by atoms with Crippen molar-refractivity contribution in [2.45, 2.75) is 22.6 Å². The molecule has 21 heavy (non-hydrogen) atoms. The number of nitrogens with two attached hydrogens (primary N) is 1. The highest BCUT2D eigenvalue weighted by Gasteiger charge is 2.22. The summed E-state index contributed by atoms with van der Waals surface area (Å²) in [5.41, 5.74) is 8.09. The predicted octanol–water partition coefficient (Wildman–Crippen LogP) is 5.10. The van der Waals surface area contributed by atoms with Crippen LogP contribution in [0.1, 0.15) is 12.8 Å². The lowest BCUT2D eigenvalue weighted by Gasteiger charge is -2.33. The molecular formula is C16H18Cl2N2S. The molecule has 0 spiro atoms. The molecule has 0 amide bonds. The molecule has 0 saturated carbocycles. The number of hydrogen-bond donors (Lipinski definition) is 1. The monoisotopic (exact) mass is 340 g/mol. The first-order valence-electron chi connectivity index (χ1n) is 6.83. The van der Waals surface area contributed by atoms with Gasteiger partial charge in [-0.05, 0) is 49.7 Å². The lowest BCUT2D eigenvalue weighted by atomic mass is 10.2. The van der Waals surface area contributed by atoms with E-state index in [2.05, 4.69) is 41.3 Å². The molecule has 1 heterocycles. The van der Waals surface area contributed by atoms with E-state index in [1.807, 2.05) is 17.8 Å². The largest absolute Gasteiger partial charge is 0.340 e. The molecule has 2 aromatic carbocycles. The third kappa shape index (κ3) is 3.49. The molecule has 112 valence electrons. The van der Waals surface area contributed by atoms with Gasteiger partial charge in [0.1, 0.15) is 0 Å². The van der Waals surface area contributed by atoms with Crippen LogP contribution in [0.4, 0.5) is 11.4 Å². The van der Waals surface area contributed by atoms with Crippen molar-refractivity contribution in [2.24, 2.45) is 5.73 Å². The second-order valence-electron chi connectivity index (χ2n) is 4.83. The predicted molar refractivity (Wildman–Crippen MR) is 94.6 cm³/mol. The van der Waals surface area contributed by atoms with E-state index in [4.69, 9.17) is 17.3 Å². The Morgan fingerprint density at radius 1 is 1.00 bits per heavy atom. The van der Waals surface area contributed by atoms with E-state index in [9.17, 15) is 0 Å². The van der Waals surface area contributed by atoms with E-state index < -0.39 is 0 Å². The number of anilines is 2. The van der Waals surface area contributed by atoms with Crippen LogP contribution in [0.2, 0.25) is 5.02 Å². The van der Waals surface area contributed by atoms with E-state index in [1.165, 1.54) is 21.2 Å². The van der Waals surface area contributed by atoms with Crippen LogP contribution in [0.3, 0.4) is 0 Å². The summed E-state index contributed by atoms with van der Waals surface area (Å²) in [7, 11) is 0. The topological polar surface area (TPSA) is 29.3 Å². The van der Waals surface area contributed by atoms with Gasteiger partial charge in [-0.25, -0.2) is 0 Å². The number of hydrogen-bond acceptors (Lipinski definition) is 3. The van der Waals surface area contributed by atoms with Gasteiger partial charge in [-0.1, -0.05) is 35.5 Å². The smallest absolute Gasteiger partial charge is 0.0567 e. The molecule has 5 heteroatoms. The number of fused-ring (bicyclic) bond motifs is 2. The summed E-state index contributed by atoms with van der Waals surface area (Å²) in [5, 5.41) is 0.785. The molecule has 0 aromatic heterocycles. The lowest BCUT2D eigenvalue weighted by Crippen LogP contribution is -2.22. The highest BCUT2D eigenvalue weighted by Crippen LogP contribution is 2.48. The molecule has 0 unspecified atom stereocenters. The molecule has 3 rings (SSSR count). The second kappa shape index (κ2) is 7.41. The summed E-state index contributed by atoms with van der Waals surface area (Å²) in [6.07, 6.45) is 2.13. The van der Waals surface area contributed by atoms with Gasteiger partial charge in [-0.3, -0.25) is 0 Å². The summed E-state index contributed by atoms with van der Waals surface area (Å²) in [4.78, 5) is 4.93. The van der Waals surface area contributed by atoms with Crippen LogP contribution in [0.25, 0.3) is 0 Å². The van der Waals surface area contributed by atoms with Crippen LogP contribution in [0, 0.1) is 0 Å². The fourth-order valence-corrected chi connectivity index (χ4v) is 3.70. The van der Waals surface area contributed by atoms with Crippen molar-refractivity contribution in [3.05, 3.63) is 47.5 Å². The van der Waals surface area contributed by atoms with E-state index >= 15 is 0 Å². The Kier molecular flexibility index (Phi) is 5.82. The van der Waals surface area contributed by atoms with Crippen molar-refractivity contribution >= 4 is 47.1 Å². The number of unbranched alkanes of at least 4 members (excludes halogenated alkanes) is 1. The first kappa shape index (κ1) is 16.5. The number of halogens is 2. The molecule has 0 saturated heterocycles. The molecule has 2 aromatic rings. The van der Waals surface area contributed by atoms with Crippen molar-refractivity contribution in [3.63, 3.8) is 0 Å². The van der Waals surface area contributed by atoms with Crippen LogP contribution < -0.4 is 10.6 Å². The number of benzene rings is 2. The van der Waals surface area contributed by atoms with Gasteiger partial charge in [-0.2, -0.15) is 0 Å². The molecule has 2 nitrogen and oxygen atoms in total. The summed E-state index contributed by atoms with van der Waals surface area (Å²) in [5.74, 6) is 0. The minimum absolute atomic E-state index is 0. The van der Waals surface area contributed by atoms with Gasteiger partial charge in [0.25, 0.3) is 0 Å². The standard InChI is InChI=1S/C16H17ClN2S.ClH/c17-12-7-8-16-14(11-12)19(10-4-3-9-18)13-5-1-2-6-15(13)20-16;/h1-2,5-8,11H,3-4,9-10,18H2;1H. The molecule has 0 radical (unpaired) electrons. The minimum atomic E-state index is 0. The van der Waals surface area contributed by atoms with Gasteiger partial charge in [-0.15, -0.1) is 12.4 Å². The summed E-state index contributed by atoms with van der Waals surface area (Å²) in [6, 6.07) is 14.6. The van der Waals surface area contributed by atoms with Gasteiger partial charge in [0.05, 0.1) is 11.4 Å². The Hall–Kier alpha value is -0.870. The maximum Gasteiger partial charge on any atom is 0.0567 e. The van der Waals surface area contributed by atoms with Crippen LogP contribution in [0.15, 0.2) is 52.3 Å². The third-order valence-electron chi connectivity index (χ3n) is 3.42. The molecule has 0 aliphatic carbocycles. The zero-order valence-corrected chi connectivity index (χ0v) is 14.0. The third-order valence-corrected chi connectivity index (χ3v) is 4.79. The zero-order valence-electron chi connectivity index (χ0n) is 11.6. The summed E-state index contributed by atoms with van der Waals surface area (Å²) >= 11 is 7.98. The van der Waals surface area contributed by atoms with E-state index in [0.717, 1.165) is 31.0 Å². The lowest BCUT2D eigenvalue weighted by molar-refractivity contribution is 0.736. The second-order valence-corrected chi connectivity index (χ2v) is 6.35. The van der Waals surface area contributed by atoms with Crippen molar-refractivity contribution in [1.29, 1.82) is 0 Å².